The third-order valence-electron chi connectivity index (χ3n) is 3.44. The Kier molecular flexibility index (Phi) is 5.39. The zero-order valence-electron chi connectivity index (χ0n) is 12.2. The molecular weight excluding hydrogens is 307 g/mol. The fourth-order valence-corrected chi connectivity index (χ4v) is 2.18. The second-order valence-electron chi connectivity index (χ2n) is 5.01. The first-order chi connectivity index (χ1) is 10.9. The van der Waals surface area contributed by atoms with E-state index in [1.807, 2.05) is 18.2 Å². The van der Waals surface area contributed by atoms with E-state index in [0.29, 0.717) is 13.0 Å². The van der Waals surface area contributed by atoms with Gasteiger partial charge in [0.1, 0.15) is 0 Å². The lowest BCUT2D eigenvalue weighted by atomic mass is 10.1. The molecule has 3 nitrogen and oxygen atoms in total. The fourth-order valence-electron chi connectivity index (χ4n) is 2.18. The van der Waals surface area contributed by atoms with Gasteiger partial charge in [-0.05, 0) is 41.8 Å². The molecule has 0 aromatic heterocycles. The van der Waals surface area contributed by atoms with Crippen LogP contribution in [0.2, 0.25) is 0 Å². The highest BCUT2D eigenvalue weighted by molar-refractivity contribution is 5.94. The van der Waals surface area contributed by atoms with Gasteiger partial charge < -0.3 is 10.4 Å². The standard InChI is InChI=1S/C17H16F3NO2/c18-17(19,20)15-7-5-13(6-8-15)16(23)21-10-9-12-3-1-2-4-14(12)11-22/h1-8,22H,9-11H2,(H,21,23). The Balaban J connectivity index is 1.92. The van der Waals surface area contributed by atoms with Gasteiger partial charge in [-0.25, -0.2) is 0 Å². The first-order valence-electron chi connectivity index (χ1n) is 7.05. The van der Waals surface area contributed by atoms with E-state index in [-0.39, 0.29) is 12.2 Å². The molecule has 0 saturated heterocycles. The molecule has 0 saturated carbocycles. The van der Waals surface area contributed by atoms with Gasteiger partial charge in [-0.1, -0.05) is 24.3 Å². The SMILES string of the molecule is O=C(NCCc1ccccc1CO)c1ccc(C(F)(F)F)cc1. The van der Waals surface area contributed by atoms with Crippen LogP contribution in [0.4, 0.5) is 13.2 Å². The van der Waals surface area contributed by atoms with Crippen LogP contribution < -0.4 is 5.32 Å². The van der Waals surface area contributed by atoms with Crippen LogP contribution in [0.3, 0.4) is 0 Å². The van der Waals surface area contributed by atoms with Gasteiger partial charge in [-0.2, -0.15) is 13.2 Å². The number of benzene rings is 2. The van der Waals surface area contributed by atoms with E-state index in [0.717, 1.165) is 35.4 Å². The molecule has 0 heterocycles. The predicted octanol–water partition coefficient (Wildman–Crippen LogP) is 3.17. The van der Waals surface area contributed by atoms with Gasteiger partial charge in [0.2, 0.25) is 0 Å². The van der Waals surface area contributed by atoms with Gasteiger partial charge >= 0.3 is 6.18 Å². The summed E-state index contributed by atoms with van der Waals surface area (Å²) in [7, 11) is 0. The van der Waals surface area contributed by atoms with E-state index < -0.39 is 17.6 Å². The van der Waals surface area contributed by atoms with E-state index in [9.17, 15) is 23.1 Å². The summed E-state index contributed by atoms with van der Waals surface area (Å²) in [6.45, 7) is 0.250. The van der Waals surface area contributed by atoms with E-state index in [2.05, 4.69) is 5.32 Å². The van der Waals surface area contributed by atoms with Crippen LogP contribution in [0.15, 0.2) is 48.5 Å². The molecule has 23 heavy (non-hydrogen) atoms. The van der Waals surface area contributed by atoms with Crippen molar-refractivity contribution in [3.8, 4) is 0 Å². The Morgan fingerprint density at radius 1 is 1.00 bits per heavy atom. The van der Waals surface area contributed by atoms with Crippen molar-refractivity contribution in [2.24, 2.45) is 0 Å². The number of carbonyl (C=O) groups excluding carboxylic acids is 1. The number of aliphatic hydroxyl groups excluding tert-OH is 1. The van der Waals surface area contributed by atoms with Crippen molar-refractivity contribution >= 4 is 5.91 Å². The summed E-state index contributed by atoms with van der Waals surface area (Å²) in [4.78, 5) is 11.9. The maximum absolute atomic E-state index is 12.5. The van der Waals surface area contributed by atoms with Crippen LogP contribution in [-0.4, -0.2) is 17.6 Å². The van der Waals surface area contributed by atoms with Gasteiger partial charge in [-0.15, -0.1) is 0 Å². The van der Waals surface area contributed by atoms with E-state index in [1.165, 1.54) is 0 Å². The summed E-state index contributed by atoms with van der Waals surface area (Å²) < 4.78 is 37.4. The number of nitrogens with one attached hydrogen (secondary N) is 1. The van der Waals surface area contributed by atoms with Gasteiger partial charge in [0.15, 0.2) is 0 Å². The highest BCUT2D eigenvalue weighted by atomic mass is 19.4. The smallest absolute Gasteiger partial charge is 0.392 e. The van der Waals surface area contributed by atoms with E-state index in [1.54, 1.807) is 6.07 Å². The maximum atomic E-state index is 12.5. The minimum Gasteiger partial charge on any atom is -0.392 e. The number of amides is 1. The molecule has 122 valence electrons. The molecule has 0 aliphatic rings. The molecule has 0 bridgehead atoms. The molecule has 6 heteroatoms. The Hall–Kier alpha value is -2.34. The third kappa shape index (κ3) is 4.56. The molecule has 2 N–H and O–H groups in total. The number of carbonyl (C=O) groups is 1. The van der Waals surface area contributed by atoms with Crippen molar-refractivity contribution in [3.63, 3.8) is 0 Å². The third-order valence-corrected chi connectivity index (χ3v) is 3.44. The molecule has 0 aliphatic carbocycles. The van der Waals surface area contributed by atoms with Gasteiger partial charge in [0.25, 0.3) is 5.91 Å². The van der Waals surface area contributed by atoms with Crippen LogP contribution in [0.5, 0.6) is 0 Å². The number of hydrogen-bond acceptors (Lipinski definition) is 2. The molecule has 2 aromatic carbocycles. The number of aliphatic hydroxyl groups is 1. The molecular formula is C17H16F3NO2. The predicted molar refractivity (Wildman–Crippen MR) is 79.8 cm³/mol. The zero-order chi connectivity index (χ0) is 16.9. The highest BCUT2D eigenvalue weighted by Crippen LogP contribution is 2.29. The Morgan fingerprint density at radius 3 is 2.17 bits per heavy atom. The van der Waals surface area contributed by atoms with E-state index in [4.69, 9.17) is 0 Å². The monoisotopic (exact) mass is 323 g/mol. The lowest BCUT2D eigenvalue weighted by Gasteiger charge is -2.10. The second-order valence-corrected chi connectivity index (χ2v) is 5.01. The molecule has 0 unspecified atom stereocenters. The maximum Gasteiger partial charge on any atom is 0.416 e. The second kappa shape index (κ2) is 7.28. The summed E-state index contributed by atoms with van der Waals surface area (Å²) in [6, 6.07) is 11.4. The molecule has 0 radical (unpaired) electrons. The number of rotatable bonds is 5. The fraction of sp³-hybridized carbons (Fsp3) is 0.235. The molecule has 0 fully saturated rings. The zero-order valence-corrected chi connectivity index (χ0v) is 12.2. The largest absolute Gasteiger partial charge is 0.416 e. The quantitative estimate of drug-likeness (QED) is 0.888. The topological polar surface area (TPSA) is 49.3 Å². The van der Waals surface area contributed by atoms with Crippen molar-refractivity contribution in [1.29, 1.82) is 0 Å². The molecule has 2 aromatic rings. The number of halogens is 3. The lowest BCUT2D eigenvalue weighted by molar-refractivity contribution is -0.137. The van der Waals surface area contributed by atoms with Crippen LogP contribution in [-0.2, 0) is 19.2 Å². The molecule has 0 aliphatic heterocycles. The van der Waals surface area contributed by atoms with Gasteiger partial charge in [0, 0.05) is 12.1 Å². The first-order valence-corrected chi connectivity index (χ1v) is 7.05. The van der Waals surface area contributed by atoms with Gasteiger partial charge in [-0.3, -0.25) is 4.79 Å². The summed E-state index contributed by atoms with van der Waals surface area (Å²) in [5.41, 5.74) is 1.10. The van der Waals surface area contributed by atoms with Crippen molar-refractivity contribution in [3.05, 3.63) is 70.8 Å². The van der Waals surface area contributed by atoms with Crippen LogP contribution in [0.1, 0.15) is 27.0 Å². The van der Waals surface area contributed by atoms with Crippen molar-refractivity contribution in [2.45, 2.75) is 19.2 Å². The van der Waals surface area contributed by atoms with E-state index >= 15 is 0 Å². The molecule has 0 atom stereocenters. The Morgan fingerprint density at radius 2 is 1.61 bits per heavy atom. The minimum atomic E-state index is -4.41. The van der Waals surface area contributed by atoms with Crippen molar-refractivity contribution in [2.75, 3.05) is 6.54 Å². The first kappa shape index (κ1) is 17.0. The summed E-state index contributed by atoms with van der Waals surface area (Å²) in [5.74, 6) is -0.430. The normalized spacial score (nSPS) is 11.3. The van der Waals surface area contributed by atoms with Crippen LogP contribution in [0, 0.1) is 0 Å². The average Bonchev–Trinajstić information content (AvgIpc) is 2.54. The molecule has 2 rings (SSSR count). The summed E-state index contributed by atoms with van der Waals surface area (Å²) >= 11 is 0. The summed E-state index contributed by atoms with van der Waals surface area (Å²) in [6.07, 6.45) is -3.88. The van der Waals surface area contributed by atoms with Crippen molar-refractivity contribution in [1.82, 2.24) is 5.32 Å². The number of hydrogen-bond donors (Lipinski definition) is 2. The van der Waals surface area contributed by atoms with Crippen LogP contribution >= 0.6 is 0 Å². The highest BCUT2D eigenvalue weighted by Gasteiger charge is 2.30. The average molecular weight is 323 g/mol. The lowest BCUT2D eigenvalue weighted by Crippen LogP contribution is -2.26. The Labute approximate surface area is 131 Å². The number of alkyl halides is 3. The molecule has 0 spiro atoms. The summed E-state index contributed by atoms with van der Waals surface area (Å²) in [5, 5.41) is 11.9. The van der Waals surface area contributed by atoms with Gasteiger partial charge in [0.05, 0.1) is 12.2 Å². The van der Waals surface area contributed by atoms with Crippen LogP contribution in [0.25, 0.3) is 0 Å². The Bertz CT molecular complexity index is 666. The minimum absolute atomic E-state index is 0.0803. The van der Waals surface area contributed by atoms with Crippen molar-refractivity contribution < 1.29 is 23.1 Å². The molecule has 1 amide bonds.